The highest BCUT2D eigenvalue weighted by Gasteiger charge is 2.05. The summed E-state index contributed by atoms with van der Waals surface area (Å²) in [5.41, 5.74) is 1.23. The van der Waals surface area contributed by atoms with E-state index in [1.54, 1.807) is 37.5 Å². The first-order valence-corrected chi connectivity index (χ1v) is 5.48. The lowest BCUT2D eigenvalue weighted by atomic mass is 10.2. The lowest BCUT2D eigenvalue weighted by Gasteiger charge is -2.04. The number of pyridine rings is 1. The van der Waals surface area contributed by atoms with E-state index in [-0.39, 0.29) is 5.91 Å². The fourth-order valence-electron chi connectivity index (χ4n) is 1.38. The third-order valence-electron chi connectivity index (χ3n) is 2.34. The smallest absolute Gasteiger partial charge is 0.253 e. The zero-order valence-electron chi connectivity index (χ0n) is 9.92. The van der Waals surface area contributed by atoms with Crippen molar-refractivity contribution in [3.05, 3.63) is 47.9 Å². The molecule has 6 heteroatoms. The maximum absolute atomic E-state index is 11.8. The van der Waals surface area contributed by atoms with E-state index in [0.717, 1.165) is 5.82 Å². The van der Waals surface area contributed by atoms with Crippen molar-refractivity contribution in [2.45, 2.75) is 6.54 Å². The second kappa shape index (κ2) is 5.72. The van der Waals surface area contributed by atoms with Crippen molar-refractivity contribution in [3.8, 4) is 0 Å². The Bertz CT molecular complexity index is 512. The quantitative estimate of drug-likeness (QED) is 0.832. The van der Waals surface area contributed by atoms with Crippen molar-refractivity contribution in [1.29, 1.82) is 0 Å². The monoisotopic (exact) mass is 243 g/mol. The Labute approximate surface area is 104 Å². The van der Waals surface area contributed by atoms with E-state index >= 15 is 0 Å². The number of nitrogens with one attached hydrogen (secondary N) is 2. The van der Waals surface area contributed by atoms with E-state index < -0.39 is 0 Å². The van der Waals surface area contributed by atoms with Crippen LogP contribution in [-0.4, -0.2) is 28.1 Å². The second-order valence-electron chi connectivity index (χ2n) is 3.58. The molecule has 18 heavy (non-hydrogen) atoms. The van der Waals surface area contributed by atoms with Crippen LogP contribution in [0, 0.1) is 0 Å². The standard InChI is InChI=1S/C12H13N5O/c1-13-11-5-4-9(7-14-11)12(18)15-8-10-3-2-6-16-17-10/h2-7H,8H2,1H3,(H,13,14)(H,15,18). The lowest BCUT2D eigenvalue weighted by Crippen LogP contribution is -2.23. The molecule has 0 bridgehead atoms. The van der Waals surface area contributed by atoms with Gasteiger partial charge in [-0.25, -0.2) is 4.98 Å². The number of anilines is 1. The van der Waals surface area contributed by atoms with Gasteiger partial charge in [-0.1, -0.05) is 0 Å². The largest absolute Gasteiger partial charge is 0.373 e. The number of hydrogen-bond donors (Lipinski definition) is 2. The van der Waals surface area contributed by atoms with Gasteiger partial charge in [0.2, 0.25) is 0 Å². The summed E-state index contributed by atoms with van der Waals surface area (Å²) in [4.78, 5) is 15.9. The van der Waals surface area contributed by atoms with E-state index in [2.05, 4.69) is 25.8 Å². The summed E-state index contributed by atoms with van der Waals surface area (Å²) in [5.74, 6) is 0.538. The highest BCUT2D eigenvalue weighted by atomic mass is 16.1. The molecule has 0 aromatic carbocycles. The molecule has 2 N–H and O–H groups in total. The van der Waals surface area contributed by atoms with E-state index in [1.165, 1.54) is 6.20 Å². The molecule has 0 saturated carbocycles. The van der Waals surface area contributed by atoms with Crippen LogP contribution in [0.1, 0.15) is 16.1 Å². The number of amides is 1. The highest BCUT2D eigenvalue weighted by Crippen LogP contribution is 2.04. The van der Waals surface area contributed by atoms with Crippen molar-refractivity contribution in [2.24, 2.45) is 0 Å². The topological polar surface area (TPSA) is 79.8 Å². The molecule has 0 fully saturated rings. The fraction of sp³-hybridized carbons (Fsp3) is 0.167. The fourth-order valence-corrected chi connectivity index (χ4v) is 1.38. The van der Waals surface area contributed by atoms with E-state index in [1.807, 2.05) is 0 Å². The lowest BCUT2D eigenvalue weighted by molar-refractivity contribution is 0.0950. The molecule has 1 amide bonds. The minimum Gasteiger partial charge on any atom is -0.373 e. The number of nitrogens with zero attached hydrogens (tertiary/aromatic N) is 3. The van der Waals surface area contributed by atoms with Crippen molar-refractivity contribution < 1.29 is 4.79 Å². The van der Waals surface area contributed by atoms with Gasteiger partial charge in [0.05, 0.1) is 17.8 Å². The van der Waals surface area contributed by atoms with Crippen LogP contribution in [0.25, 0.3) is 0 Å². The molecule has 6 nitrogen and oxygen atoms in total. The van der Waals surface area contributed by atoms with Crippen LogP contribution in [0.15, 0.2) is 36.7 Å². The molecule has 0 atom stereocenters. The van der Waals surface area contributed by atoms with Crippen molar-refractivity contribution in [3.63, 3.8) is 0 Å². The van der Waals surface area contributed by atoms with Crippen LogP contribution in [0.2, 0.25) is 0 Å². The highest BCUT2D eigenvalue weighted by molar-refractivity contribution is 5.93. The van der Waals surface area contributed by atoms with Gasteiger partial charge in [-0.05, 0) is 24.3 Å². The van der Waals surface area contributed by atoms with Crippen molar-refractivity contribution >= 4 is 11.7 Å². The van der Waals surface area contributed by atoms with Gasteiger partial charge in [0.1, 0.15) is 5.82 Å². The van der Waals surface area contributed by atoms with Gasteiger partial charge >= 0.3 is 0 Å². The van der Waals surface area contributed by atoms with Crippen LogP contribution >= 0.6 is 0 Å². The van der Waals surface area contributed by atoms with E-state index in [4.69, 9.17) is 0 Å². The molecule has 0 saturated heterocycles. The average molecular weight is 243 g/mol. The summed E-state index contributed by atoms with van der Waals surface area (Å²) in [6.45, 7) is 0.348. The van der Waals surface area contributed by atoms with Gasteiger partial charge in [0.25, 0.3) is 5.91 Å². The van der Waals surface area contributed by atoms with Gasteiger partial charge in [0.15, 0.2) is 0 Å². The maximum atomic E-state index is 11.8. The molecule has 0 aliphatic heterocycles. The zero-order chi connectivity index (χ0) is 12.8. The van der Waals surface area contributed by atoms with Crippen molar-refractivity contribution in [2.75, 3.05) is 12.4 Å². The molecule has 2 aromatic heterocycles. The number of carbonyl (C=O) groups excluding carboxylic acids is 1. The van der Waals surface area contributed by atoms with Crippen molar-refractivity contribution in [1.82, 2.24) is 20.5 Å². The number of rotatable bonds is 4. The van der Waals surface area contributed by atoms with Crippen LogP contribution in [0.4, 0.5) is 5.82 Å². The third kappa shape index (κ3) is 3.00. The first-order valence-electron chi connectivity index (χ1n) is 5.48. The Morgan fingerprint density at radius 1 is 1.33 bits per heavy atom. The first-order chi connectivity index (χ1) is 8.79. The Kier molecular flexibility index (Phi) is 3.80. The Balaban J connectivity index is 1.95. The molecule has 0 unspecified atom stereocenters. The van der Waals surface area contributed by atoms with Crippen LogP contribution < -0.4 is 10.6 Å². The SMILES string of the molecule is CNc1ccc(C(=O)NCc2cccnn2)cn1. The molecule has 0 aliphatic rings. The number of hydrogen-bond acceptors (Lipinski definition) is 5. The minimum absolute atomic E-state index is 0.184. The van der Waals surface area contributed by atoms with Gasteiger partial charge in [-0.2, -0.15) is 10.2 Å². The summed E-state index contributed by atoms with van der Waals surface area (Å²) >= 11 is 0. The summed E-state index contributed by atoms with van der Waals surface area (Å²) in [6.07, 6.45) is 3.11. The number of carbonyl (C=O) groups is 1. The Hall–Kier alpha value is -2.50. The van der Waals surface area contributed by atoms with Gasteiger partial charge in [-0.15, -0.1) is 0 Å². The minimum atomic E-state index is -0.184. The van der Waals surface area contributed by atoms with Crippen LogP contribution in [-0.2, 0) is 6.54 Å². The number of aromatic nitrogens is 3. The molecule has 2 heterocycles. The molecular formula is C12H13N5O. The van der Waals surface area contributed by atoms with Gasteiger partial charge in [0, 0.05) is 19.4 Å². The third-order valence-corrected chi connectivity index (χ3v) is 2.34. The van der Waals surface area contributed by atoms with E-state index in [0.29, 0.717) is 17.8 Å². The summed E-state index contributed by atoms with van der Waals surface area (Å²) in [7, 11) is 1.77. The van der Waals surface area contributed by atoms with Gasteiger partial charge < -0.3 is 10.6 Å². The molecular weight excluding hydrogens is 230 g/mol. The van der Waals surface area contributed by atoms with Gasteiger partial charge in [-0.3, -0.25) is 4.79 Å². The van der Waals surface area contributed by atoms with E-state index in [9.17, 15) is 4.79 Å². The normalized spacial score (nSPS) is 9.83. The summed E-state index contributed by atoms with van der Waals surface area (Å²) < 4.78 is 0. The molecule has 0 radical (unpaired) electrons. The second-order valence-corrected chi connectivity index (χ2v) is 3.58. The summed E-state index contributed by atoms with van der Waals surface area (Å²) in [5, 5.41) is 13.3. The summed E-state index contributed by atoms with van der Waals surface area (Å²) in [6, 6.07) is 7.04. The maximum Gasteiger partial charge on any atom is 0.253 e. The molecule has 92 valence electrons. The predicted molar refractivity (Wildman–Crippen MR) is 67.0 cm³/mol. The molecule has 2 rings (SSSR count). The zero-order valence-corrected chi connectivity index (χ0v) is 9.92. The molecule has 0 spiro atoms. The molecule has 2 aromatic rings. The molecule has 0 aliphatic carbocycles. The average Bonchev–Trinajstić information content (AvgIpc) is 2.46. The predicted octanol–water partition coefficient (Wildman–Crippen LogP) is 0.843. The first kappa shape index (κ1) is 12.0. The van der Waals surface area contributed by atoms with Crippen LogP contribution in [0.5, 0.6) is 0 Å². The van der Waals surface area contributed by atoms with Crippen LogP contribution in [0.3, 0.4) is 0 Å². The Morgan fingerprint density at radius 2 is 2.22 bits per heavy atom. The Morgan fingerprint density at radius 3 is 2.83 bits per heavy atom.